The van der Waals surface area contributed by atoms with Crippen LogP contribution in [-0.2, 0) is 11.2 Å². The van der Waals surface area contributed by atoms with Crippen molar-refractivity contribution in [3.63, 3.8) is 0 Å². The van der Waals surface area contributed by atoms with Gasteiger partial charge in [-0.05, 0) is 25.0 Å². The molecule has 1 aromatic carbocycles. The Bertz CT molecular complexity index is 410. The van der Waals surface area contributed by atoms with E-state index in [1.807, 2.05) is 18.2 Å². The lowest BCUT2D eigenvalue weighted by molar-refractivity contribution is -0.143. The van der Waals surface area contributed by atoms with Gasteiger partial charge >= 0.3 is 6.43 Å². The van der Waals surface area contributed by atoms with Crippen LogP contribution in [-0.4, -0.2) is 37.4 Å². The molecule has 0 aliphatic rings. The Kier molecular flexibility index (Phi) is 5.07. The van der Waals surface area contributed by atoms with Gasteiger partial charge in [0.25, 0.3) is 5.91 Å². The van der Waals surface area contributed by atoms with Crippen molar-refractivity contribution in [1.29, 1.82) is 0 Å². The first-order valence-corrected chi connectivity index (χ1v) is 5.64. The first-order valence-electron chi connectivity index (χ1n) is 5.64. The quantitative estimate of drug-likeness (QED) is 0.810. The van der Waals surface area contributed by atoms with E-state index < -0.39 is 12.3 Å². The number of halogens is 2. The number of alkyl halides is 2. The van der Waals surface area contributed by atoms with Gasteiger partial charge in [-0.3, -0.25) is 4.79 Å². The summed E-state index contributed by atoms with van der Waals surface area (Å²) in [6.07, 6.45) is -2.49. The lowest BCUT2D eigenvalue weighted by atomic mass is 10.1. The third-order valence-corrected chi connectivity index (χ3v) is 2.90. The second-order valence-corrected chi connectivity index (χ2v) is 4.11. The van der Waals surface area contributed by atoms with Crippen molar-refractivity contribution in [2.75, 3.05) is 14.2 Å². The minimum absolute atomic E-state index is 0.317. The van der Waals surface area contributed by atoms with E-state index in [0.29, 0.717) is 12.2 Å². The fourth-order valence-electron chi connectivity index (χ4n) is 1.70. The largest absolute Gasteiger partial charge is 0.496 e. The molecule has 5 heteroatoms. The number of hydrogen-bond donors (Lipinski definition) is 0. The van der Waals surface area contributed by atoms with Crippen LogP contribution in [0.4, 0.5) is 8.78 Å². The zero-order chi connectivity index (χ0) is 13.7. The van der Waals surface area contributed by atoms with Gasteiger partial charge in [0, 0.05) is 13.1 Å². The third kappa shape index (κ3) is 3.42. The van der Waals surface area contributed by atoms with E-state index >= 15 is 0 Å². The highest BCUT2D eigenvalue weighted by Crippen LogP contribution is 2.20. The van der Waals surface area contributed by atoms with Crippen molar-refractivity contribution in [2.24, 2.45) is 0 Å². The molecule has 100 valence electrons. The number of carbonyl (C=O) groups excluding carboxylic acids is 1. The minimum atomic E-state index is -2.96. The van der Waals surface area contributed by atoms with Crippen LogP contribution in [0.2, 0.25) is 0 Å². The molecule has 0 spiro atoms. The molecule has 0 aliphatic heterocycles. The summed E-state index contributed by atoms with van der Waals surface area (Å²) < 4.78 is 29.8. The van der Waals surface area contributed by atoms with Crippen LogP contribution in [0.3, 0.4) is 0 Å². The van der Waals surface area contributed by atoms with Gasteiger partial charge in [-0.1, -0.05) is 18.2 Å². The average molecular weight is 257 g/mol. The van der Waals surface area contributed by atoms with Crippen molar-refractivity contribution in [3.8, 4) is 5.75 Å². The molecule has 0 fully saturated rings. The van der Waals surface area contributed by atoms with Crippen molar-refractivity contribution in [3.05, 3.63) is 29.8 Å². The smallest absolute Gasteiger partial charge is 0.315 e. The van der Waals surface area contributed by atoms with Gasteiger partial charge in [0.05, 0.1) is 7.11 Å². The van der Waals surface area contributed by atoms with Crippen LogP contribution in [0.1, 0.15) is 12.5 Å². The van der Waals surface area contributed by atoms with Gasteiger partial charge in [0.2, 0.25) is 0 Å². The van der Waals surface area contributed by atoms with Crippen LogP contribution in [0, 0.1) is 0 Å². The molecule has 0 radical (unpaired) electrons. The molecule has 3 nitrogen and oxygen atoms in total. The molecular weight excluding hydrogens is 240 g/mol. The van der Waals surface area contributed by atoms with Crippen LogP contribution in [0.5, 0.6) is 5.75 Å². The molecule has 1 amide bonds. The van der Waals surface area contributed by atoms with Crippen LogP contribution in [0.15, 0.2) is 24.3 Å². The zero-order valence-electron chi connectivity index (χ0n) is 10.7. The number of methoxy groups -OCH3 is 1. The van der Waals surface area contributed by atoms with E-state index in [9.17, 15) is 13.6 Å². The molecule has 1 atom stereocenters. The van der Waals surface area contributed by atoms with Gasteiger partial charge in [0.15, 0.2) is 0 Å². The second-order valence-electron chi connectivity index (χ2n) is 4.11. The SMILES string of the molecule is COc1ccccc1CC(C)N(C)C(=O)C(F)F. The first kappa shape index (κ1) is 14.4. The van der Waals surface area contributed by atoms with Crippen molar-refractivity contribution >= 4 is 5.91 Å². The number of likely N-dealkylation sites (N-methyl/N-ethyl adjacent to an activating group) is 1. The maximum absolute atomic E-state index is 12.3. The Hall–Kier alpha value is -1.65. The van der Waals surface area contributed by atoms with E-state index in [4.69, 9.17) is 4.74 Å². The van der Waals surface area contributed by atoms with Crippen molar-refractivity contribution in [2.45, 2.75) is 25.8 Å². The number of benzene rings is 1. The molecule has 0 N–H and O–H groups in total. The Labute approximate surface area is 105 Å². The summed E-state index contributed by atoms with van der Waals surface area (Å²) in [6.45, 7) is 1.73. The van der Waals surface area contributed by atoms with Gasteiger partial charge < -0.3 is 9.64 Å². The number of rotatable bonds is 5. The lowest BCUT2D eigenvalue weighted by Gasteiger charge is -2.25. The predicted octanol–water partition coefficient (Wildman–Crippen LogP) is 2.35. The molecule has 0 saturated carbocycles. The lowest BCUT2D eigenvalue weighted by Crippen LogP contribution is -2.40. The minimum Gasteiger partial charge on any atom is -0.496 e. The predicted molar refractivity (Wildman–Crippen MR) is 64.9 cm³/mol. The summed E-state index contributed by atoms with van der Waals surface area (Å²) in [5.74, 6) is -0.459. The molecule has 0 heterocycles. The summed E-state index contributed by atoms with van der Waals surface area (Å²) in [5, 5.41) is 0. The molecule has 1 unspecified atom stereocenters. The van der Waals surface area contributed by atoms with Gasteiger partial charge in [-0.15, -0.1) is 0 Å². The summed E-state index contributed by atoms with van der Waals surface area (Å²) in [7, 11) is 2.94. The summed E-state index contributed by atoms with van der Waals surface area (Å²) >= 11 is 0. The monoisotopic (exact) mass is 257 g/mol. The number of ether oxygens (including phenoxy) is 1. The second kappa shape index (κ2) is 6.33. The average Bonchev–Trinajstić information content (AvgIpc) is 2.37. The topological polar surface area (TPSA) is 29.5 Å². The normalized spacial score (nSPS) is 12.3. The number of carbonyl (C=O) groups is 1. The van der Waals surface area contributed by atoms with E-state index in [1.54, 1.807) is 20.1 Å². The Morgan fingerprint density at radius 2 is 2.00 bits per heavy atom. The fourth-order valence-corrected chi connectivity index (χ4v) is 1.70. The Balaban J connectivity index is 2.75. The molecule has 18 heavy (non-hydrogen) atoms. The molecular formula is C13H17F2NO2. The highest BCUT2D eigenvalue weighted by Gasteiger charge is 2.24. The third-order valence-electron chi connectivity index (χ3n) is 2.90. The molecule has 0 aliphatic carbocycles. The summed E-state index contributed by atoms with van der Waals surface area (Å²) in [6, 6.07) is 7.02. The molecule has 1 aromatic rings. The van der Waals surface area contributed by atoms with E-state index in [-0.39, 0.29) is 6.04 Å². The highest BCUT2D eigenvalue weighted by atomic mass is 19.3. The number of nitrogens with zero attached hydrogens (tertiary/aromatic N) is 1. The maximum atomic E-state index is 12.3. The molecule has 1 rings (SSSR count). The van der Waals surface area contributed by atoms with Gasteiger partial charge in [0.1, 0.15) is 5.75 Å². The fraction of sp³-hybridized carbons (Fsp3) is 0.462. The summed E-state index contributed by atoms with van der Waals surface area (Å²) in [5.41, 5.74) is 0.890. The summed E-state index contributed by atoms with van der Waals surface area (Å²) in [4.78, 5) is 12.2. The number of hydrogen-bond acceptors (Lipinski definition) is 2. The zero-order valence-corrected chi connectivity index (χ0v) is 10.7. The van der Waals surface area contributed by atoms with Crippen LogP contribution >= 0.6 is 0 Å². The van der Waals surface area contributed by atoms with E-state index in [2.05, 4.69) is 0 Å². The van der Waals surface area contributed by atoms with Crippen molar-refractivity contribution in [1.82, 2.24) is 4.90 Å². The first-order chi connectivity index (χ1) is 8.47. The molecule has 0 aromatic heterocycles. The van der Waals surface area contributed by atoms with Crippen LogP contribution < -0.4 is 4.74 Å². The standard InChI is InChI=1S/C13H17F2NO2/c1-9(16(2)13(17)12(14)15)8-10-6-4-5-7-11(10)18-3/h4-7,9,12H,8H2,1-3H3. The highest BCUT2D eigenvalue weighted by molar-refractivity contribution is 5.79. The van der Waals surface area contributed by atoms with Gasteiger partial charge in [-0.2, -0.15) is 8.78 Å². The van der Waals surface area contributed by atoms with Crippen molar-refractivity contribution < 1.29 is 18.3 Å². The van der Waals surface area contributed by atoms with Gasteiger partial charge in [-0.25, -0.2) is 0 Å². The van der Waals surface area contributed by atoms with E-state index in [1.165, 1.54) is 7.05 Å². The van der Waals surface area contributed by atoms with E-state index in [0.717, 1.165) is 10.5 Å². The van der Waals surface area contributed by atoms with Crippen LogP contribution in [0.25, 0.3) is 0 Å². The number of para-hydroxylation sites is 1. The number of amides is 1. The Morgan fingerprint density at radius 1 is 1.39 bits per heavy atom. The Morgan fingerprint density at radius 3 is 2.56 bits per heavy atom. The maximum Gasteiger partial charge on any atom is 0.315 e. The molecule has 0 saturated heterocycles. The molecule has 0 bridgehead atoms.